The molecule has 1 saturated heterocycles. The van der Waals surface area contributed by atoms with E-state index in [1.165, 1.54) is 25.6 Å². The van der Waals surface area contributed by atoms with Gasteiger partial charge in [0.1, 0.15) is 23.0 Å². The van der Waals surface area contributed by atoms with Crippen molar-refractivity contribution in [1.82, 2.24) is 14.9 Å². The summed E-state index contributed by atoms with van der Waals surface area (Å²) in [5, 5.41) is 2.81. The molecule has 1 aromatic heterocycles. The van der Waals surface area contributed by atoms with Gasteiger partial charge in [-0.15, -0.1) is 0 Å². The topological polar surface area (TPSA) is 76.6 Å². The molecule has 1 amide bonds. The van der Waals surface area contributed by atoms with Gasteiger partial charge in [-0.3, -0.25) is 4.79 Å². The zero-order chi connectivity index (χ0) is 24.2. The van der Waals surface area contributed by atoms with Crippen molar-refractivity contribution in [2.45, 2.75) is 12.8 Å². The number of aromatic nitrogens is 2. The quantitative estimate of drug-likeness (QED) is 0.367. The minimum absolute atomic E-state index is 0.0227. The lowest BCUT2D eigenvalue weighted by Crippen LogP contribution is -2.38. The number of carbonyl (C=O) groups excluding carboxylic acids is 1. The Hall–Kier alpha value is -3.46. The molecule has 1 aliphatic heterocycles. The molecule has 0 radical (unpaired) electrons. The van der Waals surface area contributed by atoms with Crippen LogP contribution in [0.1, 0.15) is 12.8 Å². The maximum absolute atomic E-state index is 14.4. The van der Waals surface area contributed by atoms with E-state index in [9.17, 15) is 13.6 Å². The predicted octanol–water partition coefficient (Wildman–Crippen LogP) is 5.12. The van der Waals surface area contributed by atoms with Crippen LogP contribution in [0.3, 0.4) is 0 Å². The third-order valence-corrected chi connectivity index (χ3v) is 6.13. The summed E-state index contributed by atoms with van der Waals surface area (Å²) in [6.07, 6.45) is 4.29. The molecule has 2 heterocycles. The Balaban J connectivity index is 1.55. The van der Waals surface area contributed by atoms with Gasteiger partial charge in [-0.05, 0) is 43.0 Å². The van der Waals surface area contributed by atoms with Crippen LogP contribution in [-0.4, -0.2) is 47.6 Å². The van der Waals surface area contributed by atoms with E-state index < -0.39 is 16.7 Å². The molecule has 4 rings (SSSR count). The third kappa shape index (κ3) is 4.89. The molecular formula is C24H23ClF2N4O3. The number of benzene rings is 2. The highest BCUT2D eigenvalue weighted by Crippen LogP contribution is 2.36. The Morgan fingerprint density at radius 3 is 2.74 bits per heavy atom. The molecule has 1 N–H and O–H groups in total. The summed E-state index contributed by atoms with van der Waals surface area (Å²) in [5.74, 6) is -0.279. The first-order valence-corrected chi connectivity index (χ1v) is 11.1. The number of ether oxygens (including phenoxy) is 2. The summed E-state index contributed by atoms with van der Waals surface area (Å²) in [4.78, 5) is 22.0. The molecule has 10 heteroatoms. The van der Waals surface area contributed by atoms with Crippen molar-refractivity contribution in [3.63, 3.8) is 0 Å². The third-order valence-electron chi connectivity index (χ3n) is 5.78. The van der Waals surface area contributed by atoms with Gasteiger partial charge >= 0.3 is 0 Å². The molecule has 1 fully saturated rings. The van der Waals surface area contributed by atoms with Crippen molar-refractivity contribution in [2.75, 3.05) is 32.1 Å². The Labute approximate surface area is 200 Å². The Kier molecular flexibility index (Phi) is 7.12. The molecule has 0 spiro atoms. The number of piperidine rings is 1. The van der Waals surface area contributed by atoms with Gasteiger partial charge in [-0.2, -0.15) is 0 Å². The molecule has 3 aromatic rings. The van der Waals surface area contributed by atoms with E-state index in [1.54, 1.807) is 17.0 Å². The summed E-state index contributed by atoms with van der Waals surface area (Å²) in [5.41, 5.74) is 0.525. The van der Waals surface area contributed by atoms with Crippen LogP contribution in [0.5, 0.6) is 11.5 Å². The highest BCUT2D eigenvalue weighted by molar-refractivity contribution is 6.31. The molecular weight excluding hydrogens is 466 g/mol. The average Bonchev–Trinajstić information content (AvgIpc) is 2.87. The zero-order valence-electron chi connectivity index (χ0n) is 18.5. The minimum atomic E-state index is -0.917. The highest BCUT2D eigenvalue weighted by Gasteiger charge is 2.23. The van der Waals surface area contributed by atoms with Crippen LogP contribution < -0.4 is 14.8 Å². The van der Waals surface area contributed by atoms with E-state index in [1.807, 2.05) is 0 Å². The van der Waals surface area contributed by atoms with E-state index in [-0.39, 0.29) is 17.5 Å². The number of nitrogens with zero attached hydrogens (tertiary/aromatic N) is 3. The first-order chi connectivity index (χ1) is 16.4. The SMILES string of the molecule is C=CC(=O)N1CCC(COc2cc3c(Nc4ccc(F)c(Cl)c4F)ncnc3cc2OC)CC1. The number of hydrogen-bond donors (Lipinski definition) is 1. The fourth-order valence-corrected chi connectivity index (χ4v) is 4.01. The second kappa shape index (κ2) is 10.2. The summed E-state index contributed by atoms with van der Waals surface area (Å²) in [7, 11) is 1.53. The average molecular weight is 489 g/mol. The molecule has 7 nitrogen and oxygen atoms in total. The van der Waals surface area contributed by atoms with E-state index in [4.69, 9.17) is 21.1 Å². The van der Waals surface area contributed by atoms with Gasteiger partial charge in [-0.25, -0.2) is 18.7 Å². The van der Waals surface area contributed by atoms with E-state index >= 15 is 0 Å². The van der Waals surface area contributed by atoms with E-state index in [2.05, 4.69) is 21.9 Å². The lowest BCUT2D eigenvalue weighted by Gasteiger charge is -2.31. The van der Waals surface area contributed by atoms with E-state index in [0.29, 0.717) is 47.9 Å². The molecule has 0 aliphatic carbocycles. The summed E-state index contributed by atoms with van der Waals surface area (Å²) in [6.45, 7) is 5.28. The maximum Gasteiger partial charge on any atom is 0.245 e. The number of fused-ring (bicyclic) bond motifs is 1. The summed E-state index contributed by atoms with van der Waals surface area (Å²) in [6, 6.07) is 5.74. The number of amides is 1. The van der Waals surface area contributed by atoms with Crippen LogP contribution in [0.2, 0.25) is 5.02 Å². The predicted molar refractivity (Wildman–Crippen MR) is 126 cm³/mol. The fourth-order valence-electron chi connectivity index (χ4n) is 3.84. The van der Waals surface area contributed by atoms with Gasteiger partial charge in [0.05, 0.1) is 24.9 Å². The van der Waals surface area contributed by atoms with Crippen molar-refractivity contribution in [1.29, 1.82) is 0 Å². The van der Waals surface area contributed by atoms with Crippen LogP contribution >= 0.6 is 11.6 Å². The van der Waals surface area contributed by atoms with Crippen LogP contribution in [0.25, 0.3) is 10.9 Å². The van der Waals surface area contributed by atoms with Gasteiger partial charge < -0.3 is 19.7 Å². The Bertz CT molecular complexity index is 1230. The fraction of sp³-hybridized carbons (Fsp3) is 0.292. The van der Waals surface area contributed by atoms with Gasteiger partial charge in [0.2, 0.25) is 5.91 Å². The van der Waals surface area contributed by atoms with Crippen molar-refractivity contribution in [2.24, 2.45) is 5.92 Å². The molecule has 0 bridgehead atoms. The smallest absolute Gasteiger partial charge is 0.245 e. The number of halogens is 3. The summed E-state index contributed by atoms with van der Waals surface area (Å²) < 4.78 is 39.5. The normalized spacial score (nSPS) is 14.2. The van der Waals surface area contributed by atoms with Crippen molar-refractivity contribution in [3.05, 3.63) is 59.9 Å². The van der Waals surface area contributed by atoms with Crippen LogP contribution in [0, 0.1) is 17.6 Å². The molecule has 0 saturated carbocycles. The van der Waals surface area contributed by atoms with E-state index in [0.717, 1.165) is 18.9 Å². The summed E-state index contributed by atoms with van der Waals surface area (Å²) >= 11 is 5.70. The van der Waals surface area contributed by atoms with Crippen LogP contribution in [0.4, 0.5) is 20.3 Å². The second-order valence-electron chi connectivity index (χ2n) is 7.87. The van der Waals surface area contributed by atoms with Gasteiger partial charge in [-0.1, -0.05) is 18.2 Å². The standard InChI is InChI=1S/C24H23ClF2N4O3/c1-3-21(32)31-8-6-14(7-9-31)12-34-20-10-15-18(11-19(20)33-2)28-13-29-24(15)30-17-5-4-16(26)22(25)23(17)27/h3-5,10-11,13-14H,1,6-9,12H2,2H3,(H,28,29,30). The number of carbonyl (C=O) groups is 1. The molecule has 0 unspecified atom stereocenters. The zero-order valence-corrected chi connectivity index (χ0v) is 19.2. The Morgan fingerprint density at radius 1 is 1.26 bits per heavy atom. The van der Waals surface area contributed by atoms with Crippen molar-refractivity contribution in [3.8, 4) is 11.5 Å². The molecule has 1 aliphatic rings. The first kappa shape index (κ1) is 23.7. The van der Waals surface area contributed by atoms with Gasteiger partial charge in [0.15, 0.2) is 17.3 Å². The number of methoxy groups -OCH3 is 1. The lowest BCUT2D eigenvalue weighted by molar-refractivity contribution is -0.127. The highest BCUT2D eigenvalue weighted by atomic mass is 35.5. The number of hydrogen-bond acceptors (Lipinski definition) is 6. The van der Waals surface area contributed by atoms with Gasteiger partial charge in [0, 0.05) is 24.5 Å². The number of anilines is 2. The van der Waals surface area contributed by atoms with Crippen LogP contribution in [-0.2, 0) is 4.79 Å². The number of nitrogens with one attached hydrogen (secondary N) is 1. The molecule has 178 valence electrons. The second-order valence-corrected chi connectivity index (χ2v) is 8.25. The molecule has 0 atom stereocenters. The Morgan fingerprint density at radius 2 is 2.03 bits per heavy atom. The van der Waals surface area contributed by atoms with Crippen molar-refractivity contribution < 1.29 is 23.0 Å². The monoisotopic (exact) mass is 488 g/mol. The number of rotatable bonds is 7. The van der Waals surface area contributed by atoms with Crippen LogP contribution in [0.15, 0.2) is 43.2 Å². The minimum Gasteiger partial charge on any atom is -0.493 e. The molecule has 2 aromatic carbocycles. The largest absolute Gasteiger partial charge is 0.493 e. The first-order valence-electron chi connectivity index (χ1n) is 10.7. The van der Waals surface area contributed by atoms with Crippen molar-refractivity contribution >= 4 is 39.9 Å². The van der Waals surface area contributed by atoms with Gasteiger partial charge in [0.25, 0.3) is 0 Å². The number of likely N-dealkylation sites (tertiary alicyclic amines) is 1. The maximum atomic E-state index is 14.4. The molecule has 34 heavy (non-hydrogen) atoms. The lowest BCUT2D eigenvalue weighted by atomic mass is 9.98.